The molecule has 2 rings (SSSR count). The normalized spacial score (nSPS) is 36.5. The Morgan fingerprint density at radius 1 is 1.29 bits per heavy atom. The summed E-state index contributed by atoms with van der Waals surface area (Å²) in [6.07, 6.45) is 16.8. The maximum Gasteiger partial charge on any atom is 0.0620 e. The van der Waals surface area contributed by atoms with E-state index in [0.29, 0.717) is 6.04 Å². The van der Waals surface area contributed by atoms with Gasteiger partial charge in [-0.1, -0.05) is 37.8 Å². The first-order valence-electron chi connectivity index (χ1n) is 8.31. The fourth-order valence-electron chi connectivity index (χ4n) is 4.13. The Morgan fingerprint density at radius 2 is 2.05 bits per heavy atom. The smallest absolute Gasteiger partial charge is 0.0620 e. The number of piperidine rings is 1. The third kappa shape index (κ3) is 3.97. The molecule has 2 nitrogen and oxygen atoms in total. The molecule has 1 aliphatic carbocycles. The first-order chi connectivity index (χ1) is 10.2. The van der Waals surface area contributed by atoms with Crippen molar-refractivity contribution in [3.8, 4) is 0 Å². The molecule has 2 heteroatoms. The van der Waals surface area contributed by atoms with E-state index in [1.807, 2.05) is 18.2 Å². The molecule has 116 valence electrons. The predicted molar refractivity (Wildman–Crippen MR) is 89.1 cm³/mol. The quantitative estimate of drug-likeness (QED) is 0.594. The van der Waals surface area contributed by atoms with Gasteiger partial charge in [-0.2, -0.15) is 0 Å². The van der Waals surface area contributed by atoms with Crippen LogP contribution < -0.4 is 5.32 Å². The molecule has 0 bridgehead atoms. The van der Waals surface area contributed by atoms with Crippen molar-refractivity contribution in [3.05, 3.63) is 43.2 Å². The Bertz CT molecular complexity index is 417. The number of hydrogen-bond donors (Lipinski definition) is 2. The largest absolute Gasteiger partial charge is 0.392 e. The van der Waals surface area contributed by atoms with Gasteiger partial charge >= 0.3 is 0 Å². The van der Waals surface area contributed by atoms with E-state index >= 15 is 0 Å². The zero-order valence-electron chi connectivity index (χ0n) is 13.1. The van der Waals surface area contributed by atoms with Crippen molar-refractivity contribution < 1.29 is 5.11 Å². The second-order valence-electron chi connectivity index (χ2n) is 6.48. The van der Waals surface area contributed by atoms with E-state index in [1.165, 1.54) is 25.7 Å². The number of allylic oxidation sites excluding steroid dienone is 3. The molecule has 0 aromatic heterocycles. The molecule has 1 heterocycles. The molecule has 1 aliphatic heterocycles. The highest BCUT2D eigenvalue weighted by Crippen LogP contribution is 2.41. The molecule has 1 spiro atoms. The molecule has 1 saturated heterocycles. The third-order valence-electron chi connectivity index (χ3n) is 5.10. The molecule has 21 heavy (non-hydrogen) atoms. The maximum atomic E-state index is 10.5. The second-order valence-corrected chi connectivity index (χ2v) is 6.48. The second kappa shape index (κ2) is 7.79. The Kier molecular flexibility index (Phi) is 6.05. The van der Waals surface area contributed by atoms with Gasteiger partial charge in [0.1, 0.15) is 0 Å². The van der Waals surface area contributed by atoms with Gasteiger partial charge in [-0.15, -0.1) is 5.73 Å². The first kappa shape index (κ1) is 16.3. The zero-order valence-corrected chi connectivity index (χ0v) is 13.1. The van der Waals surface area contributed by atoms with Gasteiger partial charge in [-0.05, 0) is 51.0 Å². The number of rotatable bonds is 5. The van der Waals surface area contributed by atoms with Crippen LogP contribution in [0.1, 0.15) is 51.4 Å². The number of hydrogen-bond acceptors (Lipinski definition) is 2. The summed E-state index contributed by atoms with van der Waals surface area (Å²) in [5, 5.41) is 14.4. The topological polar surface area (TPSA) is 32.3 Å². The van der Waals surface area contributed by atoms with E-state index in [0.717, 1.165) is 25.7 Å². The minimum absolute atomic E-state index is 0.0813. The molecule has 0 amide bonds. The average molecular weight is 287 g/mol. The molecule has 0 aromatic rings. The van der Waals surface area contributed by atoms with Crippen molar-refractivity contribution in [2.24, 2.45) is 5.92 Å². The third-order valence-corrected chi connectivity index (χ3v) is 5.10. The van der Waals surface area contributed by atoms with Crippen LogP contribution in [-0.2, 0) is 0 Å². The summed E-state index contributed by atoms with van der Waals surface area (Å²) < 4.78 is 0. The Labute approximate surface area is 129 Å². The summed E-state index contributed by atoms with van der Waals surface area (Å²) in [7, 11) is 0. The molecule has 2 aliphatic rings. The van der Waals surface area contributed by atoms with E-state index in [4.69, 9.17) is 0 Å². The van der Waals surface area contributed by atoms with Gasteiger partial charge in [0.05, 0.1) is 6.10 Å². The summed E-state index contributed by atoms with van der Waals surface area (Å²) in [6, 6.07) is 0.549. The van der Waals surface area contributed by atoms with E-state index < -0.39 is 0 Å². The highest BCUT2D eigenvalue weighted by atomic mass is 16.3. The minimum atomic E-state index is -0.228. The fraction of sp³-hybridized carbons (Fsp3) is 0.632. The Morgan fingerprint density at radius 3 is 2.76 bits per heavy atom. The van der Waals surface area contributed by atoms with E-state index in [-0.39, 0.29) is 17.6 Å². The van der Waals surface area contributed by atoms with Crippen LogP contribution in [0.5, 0.6) is 0 Å². The molecule has 2 fully saturated rings. The SMILES string of the molecule is C=C=CCCC1CCCC2(CCCC(O)C2/C=C\C=C)N1. The highest BCUT2D eigenvalue weighted by Gasteiger charge is 2.45. The van der Waals surface area contributed by atoms with Crippen LogP contribution in [0.15, 0.2) is 43.2 Å². The Hall–Kier alpha value is -1.08. The van der Waals surface area contributed by atoms with Crippen LogP contribution in [-0.4, -0.2) is 22.8 Å². The van der Waals surface area contributed by atoms with Crippen LogP contribution >= 0.6 is 0 Å². The van der Waals surface area contributed by atoms with Crippen LogP contribution in [0.4, 0.5) is 0 Å². The number of nitrogens with one attached hydrogen (secondary N) is 1. The summed E-state index contributed by atoms with van der Waals surface area (Å²) in [4.78, 5) is 0. The number of aliphatic hydroxyl groups excluding tert-OH is 1. The lowest BCUT2D eigenvalue weighted by atomic mass is 9.66. The molecule has 0 radical (unpaired) electrons. The van der Waals surface area contributed by atoms with Crippen LogP contribution in [0.3, 0.4) is 0 Å². The molecule has 0 aromatic carbocycles. The average Bonchev–Trinajstić information content (AvgIpc) is 2.47. The van der Waals surface area contributed by atoms with Crippen LogP contribution in [0, 0.1) is 5.92 Å². The molecule has 2 N–H and O–H groups in total. The maximum absolute atomic E-state index is 10.5. The van der Waals surface area contributed by atoms with Gasteiger partial charge < -0.3 is 10.4 Å². The molecular weight excluding hydrogens is 258 g/mol. The molecule has 4 unspecified atom stereocenters. The summed E-state index contributed by atoms with van der Waals surface area (Å²) in [5.41, 5.74) is 2.94. The van der Waals surface area contributed by atoms with Gasteiger partial charge in [0.15, 0.2) is 0 Å². The lowest BCUT2D eigenvalue weighted by Crippen LogP contribution is -2.61. The fourth-order valence-corrected chi connectivity index (χ4v) is 4.13. The van der Waals surface area contributed by atoms with Gasteiger partial charge in [0.25, 0.3) is 0 Å². The lowest BCUT2D eigenvalue weighted by molar-refractivity contribution is 0.00298. The van der Waals surface area contributed by atoms with Crippen LogP contribution in [0.25, 0.3) is 0 Å². The predicted octanol–water partition coefficient (Wildman–Crippen LogP) is 3.89. The molecular formula is C19H29NO. The van der Waals surface area contributed by atoms with Gasteiger partial charge in [0, 0.05) is 17.5 Å². The van der Waals surface area contributed by atoms with Crippen molar-refractivity contribution in [1.82, 2.24) is 5.32 Å². The lowest BCUT2D eigenvalue weighted by Gasteiger charge is -2.51. The summed E-state index contributed by atoms with van der Waals surface area (Å²) in [6.45, 7) is 7.39. The van der Waals surface area contributed by atoms with Gasteiger partial charge in [-0.3, -0.25) is 0 Å². The van der Waals surface area contributed by atoms with Crippen molar-refractivity contribution in [3.63, 3.8) is 0 Å². The van der Waals surface area contributed by atoms with E-state index in [1.54, 1.807) is 0 Å². The molecule has 1 saturated carbocycles. The standard InChI is InChI=1S/C19H29NO/c1-3-5-7-10-16-11-8-14-19(20-16)15-9-13-18(21)17(19)12-6-4-2/h4-6,12,16-18,20-21H,1-2,7-11,13-15H2/b12-6-. The Balaban J connectivity index is 2.10. The first-order valence-corrected chi connectivity index (χ1v) is 8.31. The van der Waals surface area contributed by atoms with Gasteiger partial charge in [-0.25, -0.2) is 0 Å². The van der Waals surface area contributed by atoms with Gasteiger partial charge in [0.2, 0.25) is 0 Å². The van der Waals surface area contributed by atoms with Crippen LogP contribution in [0.2, 0.25) is 0 Å². The monoisotopic (exact) mass is 287 g/mol. The minimum Gasteiger partial charge on any atom is -0.392 e. The highest BCUT2D eigenvalue weighted by molar-refractivity contribution is 5.14. The zero-order chi connectivity index (χ0) is 15.1. The van der Waals surface area contributed by atoms with Crippen molar-refractivity contribution in [2.45, 2.75) is 69.1 Å². The summed E-state index contributed by atoms with van der Waals surface area (Å²) in [5.74, 6) is 0.210. The van der Waals surface area contributed by atoms with Crippen molar-refractivity contribution in [2.75, 3.05) is 0 Å². The molecule has 4 atom stereocenters. The summed E-state index contributed by atoms with van der Waals surface area (Å²) >= 11 is 0. The van der Waals surface area contributed by atoms with E-state index in [9.17, 15) is 5.11 Å². The van der Waals surface area contributed by atoms with Crippen molar-refractivity contribution >= 4 is 0 Å². The van der Waals surface area contributed by atoms with Crippen molar-refractivity contribution in [1.29, 1.82) is 0 Å². The number of aliphatic hydroxyl groups is 1. The van der Waals surface area contributed by atoms with E-state index in [2.05, 4.69) is 30.3 Å².